The highest BCUT2D eigenvalue weighted by Crippen LogP contribution is 2.25. The average Bonchev–Trinajstić information content (AvgIpc) is 2.80. The van der Waals surface area contributed by atoms with Crippen LogP contribution in [0.2, 0.25) is 0 Å². The standard InChI is InChI=1S/C16H23N3/c1-11(2)19-10-16(13(4)18-19)15-8-6-14(7-9-15)12(3)17-5/h6-12,17H,1-5H3. The molecule has 1 N–H and O–H groups in total. The molecule has 1 atom stereocenters. The second kappa shape index (κ2) is 5.57. The predicted molar refractivity (Wildman–Crippen MR) is 80.3 cm³/mol. The van der Waals surface area contributed by atoms with Gasteiger partial charge >= 0.3 is 0 Å². The van der Waals surface area contributed by atoms with E-state index in [0.717, 1.165) is 5.69 Å². The third-order valence-electron chi connectivity index (χ3n) is 3.60. The lowest BCUT2D eigenvalue weighted by Gasteiger charge is -2.10. The summed E-state index contributed by atoms with van der Waals surface area (Å²) in [5.41, 5.74) is 4.84. The van der Waals surface area contributed by atoms with Crippen LogP contribution in [0.1, 0.15) is 44.1 Å². The van der Waals surface area contributed by atoms with Gasteiger partial charge in [-0.15, -0.1) is 0 Å². The minimum absolute atomic E-state index is 0.383. The molecular weight excluding hydrogens is 234 g/mol. The molecule has 102 valence electrons. The van der Waals surface area contributed by atoms with E-state index >= 15 is 0 Å². The van der Waals surface area contributed by atoms with Crippen LogP contribution < -0.4 is 5.32 Å². The van der Waals surface area contributed by atoms with Crippen LogP contribution in [0.4, 0.5) is 0 Å². The topological polar surface area (TPSA) is 29.9 Å². The molecule has 0 bridgehead atoms. The van der Waals surface area contributed by atoms with Crippen molar-refractivity contribution in [2.75, 3.05) is 7.05 Å². The summed E-state index contributed by atoms with van der Waals surface area (Å²) in [4.78, 5) is 0. The highest BCUT2D eigenvalue weighted by Gasteiger charge is 2.10. The van der Waals surface area contributed by atoms with Crippen LogP contribution in [-0.4, -0.2) is 16.8 Å². The van der Waals surface area contributed by atoms with Gasteiger partial charge < -0.3 is 5.32 Å². The molecule has 0 aliphatic heterocycles. The summed E-state index contributed by atoms with van der Waals surface area (Å²) in [5.74, 6) is 0. The van der Waals surface area contributed by atoms with Crippen LogP contribution in [0.3, 0.4) is 0 Å². The Balaban J connectivity index is 2.32. The van der Waals surface area contributed by atoms with Crippen molar-refractivity contribution in [3.63, 3.8) is 0 Å². The van der Waals surface area contributed by atoms with E-state index in [9.17, 15) is 0 Å². The lowest BCUT2D eigenvalue weighted by molar-refractivity contribution is 0.529. The summed E-state index contributed by atoms with van der Waals surface area (Å²) >= 11 is 0. The Hall–Kier alpha value is -1.61. The highest BCUT2D eigenvalue weighted by atomic mass is 15.3. The Morgan fingerprint density at radius 1 is 1.11 bits per heavy atom. The van der Waals surface area contributed by atoms with Gasteiger partial charge in [-0.2, -0.15) is 5.10 Å². The fourth-order valence-electron chi connectivity index (χ4n) is 2.15. The summed E-state index contributed by atoms with van der Waals surface area (Å²) in [5, 5.41) is 7.82. The van der Waals surface area contributed by atoms with Crippen LogP contribution in [0, 0.1) is 6.92 Å². The second-order valence-corrected chi connectivity index (χ2v) is 5.33. The van der Waals surface area contributed by atoms with Gasteiger partial charge in [-0.05, 0) is 45.9 Å². The maximum atomic E-state index is 4.56. The first-order valence-corrected chi connectivity index (χ1v) is 6.86. The molecule has 0 saturated carbocycles. The molecule has 3 nitrogen and oxygen atoms in total. The van der Waals surface area contributed by atoms with Gasteiger partial charge in [0.25, 0.3) is 0 Å². The molecule has 1 unspecified atom stereocenters. The third kappa shape index (κ3) is 2.87. The first-order valence-electron chi connectivity index (χ1n) is 6.86. The SMILES string of the molecule is CNC(C)c1ccc(-c2cn(C(C)C)nc2C)cc1. The molecule has 0 aliphatic rings. The maximum absolute atomic E-state index is 4.56. The van der Waals surface area contributed by atoms with Crippen molar-refractivity contribution in [1.29, 1.82) is 0 Å². The Morgan fingerprint density at radius 2 is 1.74 bits per heavy atom. The molecule has 3 heteroatoms. The Labute approximate surface area is 115 Å². The lowest BCUT2D eigenvalue weighted by atomic mass is 10.0. The monoisotopic (exact) mass is 257 g/mol. The van der Waals surface area contributed by atoms with Gasteiger partial charge in [-0.3, -0.25) is 4.68 Å². The zero-order valence-corrected chi connectivity index (χ0v) is 12.4. The van der Waals surface area contributed by atoms with Crippen molar-refractivity contribution in [3.05, 3.63) is 41.7 Å². The van der Waals surface area contributed by atoms with Crippen LogP contribution >= 0.6 is 0 Å². The van der Waals surface area contributed by atoms with Crippen LogP contribution in [0.5, 0.6) is 0 Å². The van der Waals surface area contributed by atoms with Crippen molar-refractivity contribution in [1.82, 2.24) is 15.1 Å². The molecule has 1 aromatic carbocycles. The van der Waals surface area contributed by atoms with E-state index in [4.69, 9.17) is 0 Å². The van der Waals surface area contributed by atoms with Gasteiger partial charge in [0.1, 0.15) is 0 Å². The number of benzene rings is 1. The molecular formula is C16H23N3. The van der Waals surface area contributed by atoms with Crippen molar-refractivity contribution in [2.24, 2.45) is 0 Å². The molecule has 1 heterocycles. The van der Waals surface area contributed by atoms with Crippen LogP contribution in [0.15, 0.2) is 30.5 Å². The number of aryl methyl sites for hydroxylation is 1. The van der Waals surface area contributed by atoms with Crippen molar-refractivity contribution < 1.29 is 0 Å². The maximum Gasteiger partial charge on any atom is 0.0672 e. The van der Waals surface area contributed by atoms with E-state index in [0.29, 0.717) is 12.1 Å². The van der Waals surface area contributed by atoms with Gasteiger partial charge in [-0.25, -0.2) is 0 Å². The van der Waals surface area contributed by atoms with Gasteiger partial charge in [0.05, 0.1) is 5.69 Å². The molecule has 0 fully saturated rings. The van der Waals surface area contributed by atoms with Gasteiger partial charge in [0.2, 0.25) is 0 Å². The fourth-order valence-corrected chi connectivity index (χ4v) is 2.15. The van der Waals surface area contributed by atoms with E-state index in [-0.39, 0.29) is 0 Å². The van der Waals surface area contributed by atoms with Crippen LogP contribution in [0.25, 0.3) is 11.1 Å². The number of nitrogens with zero attached hydrogens (tertiary/aromatic N) is 2. The minimum atomic E-state index is 0.383. The largest absolute Gasteiger partial charge is 0.313 e. The molecule has 19 heavy (non-hydrogen) atoms. The second-order valence-electron chi connectivity index (χ2n) is 5.33. The van der Waals surface area contributed by atoms with Gasteiger partial charge in [-0.1, -0.05) is 24.3 Å². The first-order chi connectivity index (χ1) is 9.02. The summed E-state index contributed by atoms with van der Waals surface area (Å²) in [6.07, 6.45) is 2.14. The fraction of sp³-hybridized carbons (Fsp3) is 0.438. The normalized spacial score (nSPS) is 12.9. The quantitative estimate of drug-likeness (QED) is 0.904. The predicted octanol–water partition coefficient (Wildman–Crippen LogP) is 3.72. The van der Waals surface area contributed by atoms with Crippen molar-refractivity contribution in [2.45, 2.75) is 39.8 Å². The van der Waals surface area contributed by atoms with E-state index < -0.39 is 0 Å². The van der Waals surface area contributed by atoms with Gasteiger partial charge in [0, 0.05) is 23.8 Å². The zero-order chi connectivity index (χ0) is 14.0. The Bertz CT molecular complexity index is 538. The highest BCUT2D eigenvalue weighted by molar-refractivity contribution is 5.65. The molecule has 0 spiro atoms. The Kier molecular flexibility index (Phi) is 4.05. The van der Waals surface area contributed by atoms with Gasteiger partial charge in [0.15, 0.2) is 0 Å². The lowest BCUT2D eigenvalue weighted by Crippen LogP contribution is -2.11. The number of hydrogen-bond acceptors (Lipinski definition) is 2. The minimum Gasteiger partial charge on any atom is -0.313 e. The molecule has 0 amide bonds. The van der Waals surface area contributed by atoms with Crippen LogP contribution in [-0.2, 0) is 0 Å². The van der Waals surface area contributed by atoms with E-state index in [1.165, 1.54) is 16.7 Å². The number of aromatic nitrogens is 2. The zero-order valence-electron chi connectivity index (χ0n) is 12.4. The first kappa shape index (κ1) is 13.8. The van der Waals surface area contributed by atoms with E-state index in [1.807, 2.05) is 11.7 Å². The average molecular weight is 257 g/mol. The molecule has 1 aromatic heterocycles. The van der Waals surface area contributed by atoms with Crippen molar-refractivity contribution >= 4 is 0 Å². The number of rotatable bonds is 4. The summed E-state index contributed by atoms with van der Waals surface area (Å²) < 4.78 is 2.02. The number of hydrogen-bond donors (Lipinski definition) is 1. The third-order valence-corrected chi connectivity index (χ3v) is 3.60. The molecule has 2 rings (SSSR count). The molecule has 0 aliphatic carbocycles. The summed E-state index contributed by atoms with van der Waals surface area (Å²) in [6, 6.07) is 9.51. The molecule has 0 radical (unpaired) electrons. The smallest absolute Gasteiger partial charge is 0.0672 e. The number of nitrogens with one attached hydrogen (secondary N) is 1. The van der Waals surface area contributed by atoms with E-state index in [1.54, 1.807) is 0 Å². The summed E-state index contributed by atoms with van der Waals surface area (Å²) in [7, 11) is 1.98. The Morgan fingerprint density at radius 3 is 2.21 bits per heavy atom. The molecule has 2 aromatic rings. The van der Waals surface area contributed by atoms with E-state index in [2.05, 4.69) is 68.6 Å². The van der Waals surface area contributed by atoms with Crippen molar-refractivity contribution in [3.8, 4) is 11.1 Å². The molecule has 0 saturated heterocycles. The summed E-state index contributed by atoms with van der Waals surface area (Å²) in [6.45, 7) is 8.53.